The molecule has 4 aromatic rings. The monoisotopic (exact) mass is 352 g/mol. The SMILES string of the molecule is FC(F)(F)c1ccc(Cc2c3ccccc3nn2-c2ccccc2)cc1. The Morgan fingerprint density at radius 1 is 0.769 bits per heavy atom. The topological polar surface area (TPSA) is 17.8 Å². The highest BCUT2D eigenvalue weighted by Crippen LogP contribution is 2.30. The van der Waals surface area contributed by atoms with E-state index in [9.17, 15) is 13.2 Å². The van der Waals surface area contributed by atoms with E-state index >= 15 is 0 Å². The van der Waals surface area contributed by atoms with Gasteiger partial charge in [-0.2, -0.15) is 18.3 Å². The predicted octanol–water partition coefficient (Wildman–Crippen LogP) is 5.64. The van der Waals surface area contributed by atoms with Crippen molar-refractivity contribution in [2.24, 2.45) is 0 Å². The van der Waals surface area contributed by atoms with E-state index in [0.717, 1.165) is 40.0 Å². The van der Waals surface area contributed by atoms with Gasteiger partial charge in [0, 0.05) is 11.8 Å². The highest BCUT2D eigenvalue weighted by atomic mass is 19.4. The maximum Gasteiger partial charge on any atom is 0.416 e. The second-order valence-electron chi connectivity index (χ2n) is 6.08. The van der Waals surface area contributed by atoms with Gasteiger partial charge in [-0.1, -0.05) is 48.5 Å². The molecule has 5 heteroatoms. The summed E-state index contributed by atoms with van der Waals surface area (Å²) in [5.41, 5.74) is 2.90. The molecule has 3 aromatic carbocycles. The third-order valence-corrected chi connectivity index (χ3v) is 4.33. The molecule has 130 valence electrons. The highest BCUT2D eigenvalue weighted by Gasteiger charge is 2.30. The van der Waals surface area contributed by atoms with Gasteiger partial charge in [0.25, 0.3) is 0 Å². The number of fused-ring (bicyclic) bond motifs is 1. The van der Waals surface area contributed by atoms with Crippen LogP contribution in [0, 0.1) is 0 Å². The smallest absolute Gasteiger partial charge is 0.236 e. The van der Waals surface area contributed by atoms with E-state index < -0.39 is 11.7 Å². The molecule has 4 rings (SSSR count). The molecule has 1 aromatic heterocycles. The summed E-state index contributed by atoms with van der Waals surface area (Å²) in [6, 6.07) is 22.8. The summed E-state index contributed by atoms with van der Waals surface area (Å²) in [7, 11) is 0. The molecule has 0 amide bonds. The van der Waals surface area contributed by atoms with Crippen LogP contribution in [0.3, 0.4) is 0 Å². The molecule has 0 aliphatic heterocycles. The van der Waals surface area contributed by atoms with Crippen LogP contribution in [0.25, 0.3) is 16.6 Å². The molecule has 0 saturated carbocycles. The molecule has 0 fully saturated rings. The van der Waals surface area contributed by atoms with Crippen molar-refractivity contribution in [1.29, 1.82) is 0 Å². The maximum atomic E-state index is 12.8. The van der Waals surface area contributed by atoms with Crippen molar-refractivity contribution in [3.05, 3.63) is 95.7 Å². The van der Waals surface area contributed by atoms with Crippen molar-refractivity contribution < 1.29 is 13.2 Å². The Morgan fingerprint density at radius 2 is 1.42 bits per heavy atom. The van der Waals surface area contributed by atoms with Crippen LogP contribution in [-0.4, -0.2) is 9.78 Å². The third kappa shape index (κ3) is 3.08. The number of para-hydroxylation sites is 1. The Bertz CT molecular complexity index is 1030. The number of hydrogen-bond acceptors (Lipinski definition) is 1. The first kappa shape index (κ1) is 16.4. The van der Waals surface area contributed by atoms with Gasteiger partial charge in [0.05, 0.1) is 22.5 Å². The van der Waals surface area contributed by atoms with E-state index in [1.54, 1.807) is 0 Å². The fraction of sp³-hybridized carbons (Fsp3) is 0.0952. The zero-order valence-corrected chi connectivity index (χ0v) is 13.7. The van der Waals surface area contributed by atoms with E-state index in [4.69, 9.17) is 0 Å². The largest absolute Gasteiger partial charge is 0.416 e. The summed E-state index contributed by atoms with van der Waals surface area (Å²) in [5.74, 6) is 0. The molecule has 0 saturated heterocycles. The molecule has 0 aliphatic carbocycles. The van der Waals surface area contributed by atoms with Gasteiger partial charge in [0.2, 0.25) is 0 Å². The van der Waals surface area contributed by atoms with Crippen LogP contribution in [0.15, 0.2) is 78.9 Å². The Morgan fingerprint density at radius 3 is 2.12 bits per heavy atom. The first-order valence-corrected chi connectivity index (χ1v) is 8.20. The lowest BCUT2D eigenvalue weighted by atomic mass is 10.0. The summed E-state index contributed by atoms with van der Waals surface area (Å²) in [4.78, 5) is 0. The van der Waals surface area contributed by atoms with Crippen LogP contribution >= 0.6 is 0 Å². The molecule has 0 atom stereocenters. The Kier molecular flexibility index (Phi) is 3.99. The van der Waals surface area contributed by atoms with E-state index in [1.165, 1.54) is 12.1 Å². The standard InChI is InChI=1S/C21H15F3N2/c22-21(23,24)16-12-10-15(11-13-16)14-20-18-8-4-5-9-19(18)25-26(20)17-6-2-1-3-7-17/h1-13H,14H2. The van der Waals surface area contributed by atoms with Crippen molar-refractivity contribution in [3.8, 4) is 5.69 Å². The third-order valence-electron chi connectivity index (χ3n) is 4.33. The summed E-state index contributed by atoms with van der Waals surface area (Å²) < 4.78 is 40.2. The van der Waals surface area contributed by atoms with Crippen LogP contribution in [0.2, 0.25) is 0 Å². The number of aromatic nitrogens is 2. The van der Waals surface area contributed by atoms with E-state index in [1.807, 2.05) is 59.3 Å². The quantitative estimate of drug-likeness (QED) is 0.467. The van der Waals surface area contributed by atoms with E-state index in [-0.39, 0.29) is 0 Å². The Hall–Kier alpha value is -3.08. The molecule has 0 bridgehead atoms. The second kappa shape index (κ2) is 6.33. The first-order chi connectivity index (χ1) is 12.5. The van der Waals surface area contributed by atoms with Gasteiger partial charge in [-0.3, -0.25) is 0 Å². The van der Waals surface area contributed by atoms with Crippen LogP contribution < -0.4 is 0 Å². The van der Waals surface area contributed by atoms with E-state index in [0.29, 0.717) is 6.42 Å². The van der Waals surface area contributed by atoms with Crippen molar-refractivity contribution in [2.45, 2.75) is 12.6 Å². The minimum atomic E-state index is -4.32. The summed E-state index contributed by atoms with van der Waals surface area (Å²) in [5, 5.41) is 5.67. The minimum Gasteiger partial charge on any atom is -0.236 e. The van der Waals surface area contributed by atoms with Crippen LogP contribution in [0.4, 0.5) is 13.2 Å². The lowest BCUT2D eigenvalue weighted by Gasteiger charge is -2.10. The number of alkyl halides is 3. The van der Waals surface area contributed by atoms with Gasteiger partial charge in [0.15, 0.2) is 0 Å². The molecule has 0 spiro atoms. The molecular weight excluding hydrogens is 337 g/mol. The van der Waals surface area contributed by atoms with Crippen molar-refractivity contribution >= 4 is 10.9 Å². The van der Waals surface area contributed by atoms with Crippen LogP contribution in [-0.2, 0) is 12.6 Å². The fourth-order valence-electron chi connectivity index (χ4n) is 3.04. The van der Waals surface area contributed by atoms with Crippen LogP contribution in [0.1, 0.15) is 16.8 Å². The number of nitrogens with zero attached hydrogens (tertiary/aromatic N) is 2. The first-order valence-electron chi connectivity index (χ1n) is 8.20. The lowest BCUT2D eigenvalue weighted by Crippen LogP contribution is -2.06. The van der Waals surface area contributed by atoms with Gasteiger partial charge in [0.1, 0.15) is 0 Å². The van der Waals surface area contributed by atoms with Gasteiger partial charge < -0.3 is 0 Å². The molecule has 0 unspecified atom stereocenters. The summed E-state index contributed by atoms with van der Waals surface area (Å²) in [6.07, 6.45) is -3.83. The number of halogens is 3. The fourth-order valence-corrected chi connectivity index (χ4v) is 3.04. The normalized spacial score (nSPS) is 11.8. The van der Waals surface area contributed by atoms with Gasteiger partial charge in [-0.05, 0) is 35.9 Å². The van der Waals surface area contributed by atoms with Gasteiger partial charge >= 0.3 is 6.18 Å². The minimum absolute atomic E-state index is 0.494. The molecule has 2 nitrogen and oxygen atoms in total. The molecule has 1 heterocycles. The summed E-state index contributed by atoms with van der Waals surface area (Å²) >= 11 is 0. The molecule has 26 heavy (non-hydrogen) atoms. The van der Waals surface area contributed by atoms with Crippen molar-refractivity contribution in [2.75, 3.05) is 0 Å². The number of hydrogen-bond donors (Lipinski definition) is 0. The molecule has 0 N–H and O–H groups in total. The lowest BCUT2D eigenvalue weighted by molar-refractivity contribution is -0.137. The van der Waals surface area contributed by atoms with Crippen molar-refractivity contribution in [3.63, 3.8) is 0 Å². The average molecular weight is 352 g/mol. The predicted molar refractivity (Wildman–Crippen MR) is 95.3 cm³/mol. The number of benzene rings is 3. The van der Waals surface area contributed by atoms with Gasteiger partial charge in [-0.25, -0.2) is 4.68 Å². The zero-order chi connectivity index (χ0) is 18.1. The summed E-state index contributed by atoms with van der Waals surface area (Å²) in [6.45, 7) is 0. The van der Waals surface area contributed by atoms with E-state index in [2.05, 4.69) is 5.10 Å². The molecule has 0 aliphatic rings. The number of rotatable bonds is 3. The Labute approximate surface area is 148 Å². The molecular formula is C21H15F3N2. The maximum absolute atomic E-state index is 12.8. The van der Waals surface area contributed by atoms with Crippen molar-refractivity contribution in [1.82, 2.24) is 9.78 Å². The average Bonchev–Trinajstić information content (AvgIpc) is 3.01. The highest BCUT2D eigenvalue weighted by molar-refractivity contribution is 5.82. The Balaban J connectivity index is 1.78. The second-order valence-corrected chi connectivity index (χ2v) is 6.08. The van der Waals surface area contributed by atoms with Crippen LogP contribution in [0.5, 0.6) is 0 Å². The molecule has 0 radical (unpaired) electrons. The zero-order valence-electron chi connectivity index (χ0n) is 13.7. The van der Waals surface area contributed by atoms with Gasteiger partial charge in [-0.15, -0.1) is 0 Å².